The van der Waals surface area contributed by atoms with Gasteiger partial charge in [-0.25, -0.2) is 4.98 Å². The summed E-state index contributed by atoms with van der Waals surface area (Å²) in [6.45, 7) is 9.58. The standard InChI is InChI=1S/C21H24ClN3OS.ClH/c1-4-24(5-2)12-13-25(20(26)16-8-6-7-9-17(16)22)21-23-18-11-10-15(3)14-19(18)27-21;/h6-11,14H,4-5,12-13H2,1-3H3;1H. The van der Waals surface area contributed by atoms with Crippen molar-refractivity contribution in [2.75, 3.05) is 31.1 Å². The highest BCUT2D eigenvalue weighted by molar-refractivity contribution is 7.22. The third-order valence-electron chi connectivity index (χ3n) is 4.65. The van der Waals surface area contributed by atoms with Crippen LogP contribution in [0.25, 0.3) is 10.2 Å². The van der Waals surface area contributed by atoms with Crippen molar-refractivity contribution in [3.63, 3.8) is 0 Å². The zero-order chi connectivity index (χ0) is 19.4. The van der Waals surface area contributed by atoms with Crippen molar-refractivity contribution in [3.8, 4) is 0 Å². The number of likely N-dealkylation sites (N-methyl/N-ethyl adjacent to an activating group) is 1. The number of carbonyl (C=O) groups excluding carboxylic acids is 1. The Kier molecular flexibility index (Phi) is 8.25. The summed E-state index contributed by atoms with van der Waals surface area (Å²) in [4.78, 5) is 22.1. The molecule has 0 unspecified atom stereocenters. The summed E-state index contributed by atoms with van der Waals surface area (Å²) in [5, 5.41) is 1.18. The first-order chi connectivity index (χ1) is 13.0. The Balaban J connectivity index is 0.00000280. The van der Waals surface area contributed by atoms with Crippen molar-refractivity contribution in [3.05, 3.63) is 58.6 Å². The molecule has 0 saturated carbocycles. The molecule has 28 heavy (non-hydrogen) atoms. The van der Waals surface area contributed by atoms with Crippen LogP contribution < -0.4 is 4.90 Å². The molecule has 3 aromatic rings. The number of halogens is 2. The van der Waals surface area contributed by atoms with Crippen LogP contribution in [-0.2, 0) is 0 Å². The number of aromatic nitrogens is 1. The van der Waals surface area contributed by atoms with Gasteiger partial charge in [0.1, 0.15) is 0 Å². The predicted octanol–water partition coefficient (Wildman–Crippen LogP) is 5.67. The second kappa shape index (κ2) is 10.2. The van der Waals surface area contributed by atoms with E-state index in [2.05, 4.69) is 31.7 Å². The minimum atomic E-state index is -0.108. The monoisotopic (exact) mass is 437 g/mol. The topological polar surface area (TPSA) is 36.4 Å². The van der Waals surface area contributed by atoms with Crippen molar-refractivity contribution < 1.29 is 4.79 Å². The molecular weight excluding hydrogens is 413 g/mol. The number of anilines is 1. The van der Waals surface area contributed by atoms with E-state index in [1.54, 1.807) is 28.4 Å². The third kappa shape index (κ3) is 5.03. The molecule has 0 aliphatic rings. The van der Waals surface area contributed by atoms with Gasteiger partial charge in [-0.05, 0) is 49.8 Å². The second-order valence-electron chi connectivity index (χ2n) is 6.43. The van der Waals surface area contributed by atoms with E-state index in [1.807, 2.05) is 24.3 Å². The SMILES string of the molecule is CCN(CC)CCN(C(=O)c1ccccc1Cl)c1nc2ccc(C)cc2s1.Cl. The summed E-state index contributed by atoms with van der Waals surface area (Å²) in [6, 6.07) is 13.4. The Labute approximate surface area is 181 Å². The van der Waals surface area contributed by atoms with Crippen LogP contribution in [0.2, 0.25) is 5.02 Å². The maximum Gasteiger partial charge on any atom is 0.261 e. The minimum Gasteiger partial charge on any atom is -0.302 e. The molecule has 0 aliphatic carbocycles. The molecule has 0 radical (unpaired) electrons. The van der Waals surface area contributed by atoms with Gasteiger partial charge >= 0.3 is 0 Å². The number of amides is 1. The molecule has 0 bridgehead atoms. The smallest absolute Gasteiger partial charge is 0.261 e. The first-order valence-electron chi connectivity index (χ1n) is 9.19. The summed E-state index contributed by atoms with van der Waals surface area (Å²) < 4.78 is 1.09. The van der Waals surface area contributed by atoms with Crippen LogP contribution in [0.3, 0.4) is 0 Å². The van der Waals surface area contributed by atoms with Gasteiger partial charge in [0.05, 0.1) is 20.8 Å². The fraction of sp³-hybridized carbons (Fsp3) is 0.333. The van der Waals surface area contributed by atoms with Crippen molar-refractivity contribution >= 4 is 56.6 Å². The Bertz CT molecular complexity index is 940. The molecule has 2 aromatic carbocycles. The number of thiazole rings is 1. The summed E-state index contributed by atoms with van der Waals surface area (Å²) in [5.41, 5.74) is 2.61. The van der Waals surface area contributed by atoms with Crippen LogP contribution in [0.4, 0.5) is 5.13 Å². The van der Waals surface area contributed by atoms with Crippen molar-refractivity contribution in [1.82, 2.24) is 9.88 Å². The van der Waals surface area contributed by atoms with Gasteiger partial charge in [-0.3, -0.25) is 9.69 Å². The third-order valence-corrected chi connectivity index (χ3v) is 6.02. The lowest BCUT2D eigenvalue weighted by Gasteiger charge is -2.25. The van der Waals surface area contributed by atoms with E-state index in [1.165, 1.54) is 5.56 Å². The maximum atomic E-state index is 13.3. The Morgan fingerprint density at radius 3 is 2.50 bits per heavy atom. The van der Waals surface area contributed by atoms with E-state index in [9.17, 15) is 4.79 Å². The Morgan fingerprint density at radius 1 is 1.11 bits per heavy atom. The lowest BCUT2D eigenvalue weighted by molar-refractivity contribution is 0.0984. The van der Waals surface area contributed by atoms with Crippen LogP contribution in [-0.4, -0.2) is 42.0 Å². The average molecular weight is 438 g/mol. The van der Waals surface area contributed by atoms with Gasteiger partial charge in [0.15, 0.2) is 5.13 Å². The highest BCUT2D eigenvalue weighted by atomic mass is 35.5. The minimum absolute atomic E-state index is 0. The van der Waals surface area contributed by atoms with Gasteiger partial charge < -0.3 is 4.90 Å². The molecule has 1 heterocycles. The molecule has 0 N–H and O–H groups in total. The van der Waals surface area contributed by atoms with Crippen molar-refractivity contribution in [2.24, 2.45) is 0 Å². The van der Waals surface area contributed by atoms with Crippen LogP contribution in [0.5, 0.6) is 0 Å². The summed E-state index contributed by atoms with van der Waals surface area (Å²) in [5.74, 6) is -0.108. The van der Waals surface area contributed by atoms with Gasteiger partial charge in [-0.1, -0.05) is 55.0 Å². The van der Waals surface area contributed by atoms with E-state index >= 15 is 0 Å². The van der Waals surface area contributed by atoms with Crippen LogP contribution in [0.15, 0.2) is 42.5 Å². The van der Waals surface area contributed by atoms with E-state index in [0.717, 1.165) is 29.9 Å². The molecule has 1 amide bonds. The quantitative estimate of drug-likeness (QED) is 0.477. The van der Waals surface area contributed by atoms with E-state index in [-0.39, 0.29) is 18.3 Å². The Morgan fingerprint density at radius 2 is 1.82 bits per heavy atom. The van der Waals surface area contributed by atoms with Crippen LogP contribution in [0, 0.1) is 6.92 Å². The Hall–Kier alpha value is -1.66. The highest BCUT2D eigenvalue weighted by Gasteiger charge is 2.23. The number of fused-ring (bicyclic) bond motifs is 1. The van der Waals surface area contributed by atoms with Gasteiger partial charge in [0.25, 0.3) is 5.91 Å². The average Bonchev–Trinajstić information content (AvgIpc) is 3.08. The molecule has 150 valence electrons. The van der Waals surface area contributed by atoms with Crippen molar-refractivity contribution in [2.45, 2.75) is 20.8 Å². The first kappa shape index (κ1) is 22.6. The molecule has 3 rings (SSSR count). The molecule has 0 fully saturated rings. The number of hydrogen-bond donors (Lipinski definition) is 0. The fourth-order valence-electron chi connectivity index (χ4n) is 2.98. The molecule has 0 atom stereocenters. The van der Waals surface area contributed by atoms with Gasteiger partial charge in [0.2, 0.25) is 0 Å². The molecule has 0 saturated heterocycles. The largest absolute Gasteiger partial charge is 0.302 e. The number of carbonyl (C=O) groups is 1. The van der Waals surface area contributed by atoms with Crippen LogP contribution in [0.1, 0.15) is 29.8 Å². The second-order valence-corrected chi connectivity index (χ2v) is 7.85. The molecular formula is C21H25Cl2N3OS. The lowest BCUT2D eigenvalue weighted by Crippen LogP contribution is -2.39. The molecule has 1 aromatic heterocycles. The highest BCUT2D eigenvalue weighted by Crippen LogP contribution is 2.31. The van der Waals surface area contributed by atoms with E-state index < -0.39 is 0 Å². The van der Waals surface area contributed by atoms with Crippen molar-refractivity contribution in [1.29, 1.82) is 0 Å². The predicted molar refractivity (Wildman–Crippen MR) is 123 cm³/mol. The summed E-state index contributed by atoms with van der Waals surface area (Å²) in [6.07, 6.45) is 0. The van der Waals surface area contributed by atoms with E-state index in [4.69, 9.17) is 16.6 Å². The zero-order valence-electron chi connectivity index (χ0n) is 16.3. The lowest BCUT2D eigenvalue weighted by atomic mass is 10.2. The van der Waals surface area contributed by atoms with Crippen LogP contribution >= 0.6 is 35.3 Å². The molecule has 0 spiro atoms. The van der Waals surface area contributed by atoms with E-state index in [0.29, 0.717) is 22.3 Å². The number of rotatable bonds is 7. The normalized spacial score (nSPS) is 10.9. The van der Waals surface area contributed by atoms with Gasteiger partial charge in [-0.2, -0.15) is 0 Å². The number of aryl methyl sites for hydroxylation is 1. The number of benzene rings is 2. The number of nitrogens with zero attached hydrogens (tertiary/aromatic N) is 3. The van der Waals surface area contributed by atoms with Gasteiger partial charge in [0, 0.05) is 13.1 Å². The summed E-state index contributed by atoms with van der Waals surface area (Å²) >= 11 is 7.84. The summed E-state index contributed by atoms with van der Waals surface area (Å²) in [7, 11) is 0. The molecule has 4 nitrogen and oxygen atoms in total. The zero-order valence-corrected chi connectivity index (χ0v) is 18.7. The fourth-order valence-corrected chi connectivity index (χ4v) is 4.29. The number of hydrogen-bond acceptors (Lipinski definition) is 4. The maximum absolute atomic E-state index is 13.3. The van der Waals surface area contributed by atoms with Gasteiger partial charge in [-0.15, -0.1) is 12.4 Å². The first-order valence-corrected chi connectivity index (χ1v) is 10.4. The molecule has 7 heteroatoms. The molecule has 0 aliphatic heterocycles.